The maximum atomic E-state index is 5.83. The van der Waals surface area contributed by atoms with Gasteiger partial charge in [0.15, 0.2) is 11.5 Å². The maximum Gasteiger partial charge on any atom is 0.162 e. The van der Waals surface area contributed by atoms with Crippen LogP contribution in [0.2, 0.25) is 0 Å². The van der Waals surface area contributed by atoms with E-state index in [1.165, 1.54) is 0 Å². The van der Waals surface area contributed by atoms with Gasteiger partial charge in [0.1, 0.15) is 6.61 Å². The summed E-state index contributed by atoms with van der Waals surface area (Å²) in [6.45, 7) is 3.00. The number of pyridine rings is 1. The third kappa shape index (κ3) is 3.71. The van der Waals surface area contributed by atoms with Crippen molar-refractivity contribution in [2.24, 2.45) is 5.73 Å². The highest BCUT2D eigenvalue weighted by atomic mass is 16.5. The van der Waals surface area contributed by atoms with E-state index in [0.29, 0.717) is 13.2 Å². The van der Waals surface area contributed by atoms with Crippen LogP contribution in [-0.2, 0) is 13.0 Å². The molecular weight excluding hydrogens is 252 g/mol. The Morgan fingerprint density at radius 1 is 1.15 bits per heavy atom. The number of nitrogens with two attached hydrogens (primary N) is 1. The van der Waals surface area contributed by atoms with Gasteiger partial charge >= 0.3 is 0 Å². The second-order valence-electron chi connectivity index (χ2n) is 4.58. The van der Waals surface area contributed by atoms with E-state index >= 15 is 0 Å². The van der Waals surface area contributed by atoms with Crippen LogP contribution in [0.5, 0.6) is 11.5 Å². The number of aryl methyl sites for hydroxylation is 1. The summed E-state index contributed by atoms with van der Waals surface area (Å²) in [5, 5.41) is 0. The highest BCUT2D eigenvalue weighted by Gasteiger charge is 2.06. The molecule has 0 aliphatic carbocycles. The second kappa shape index (κ2) is 6.91. The number of rotatable bonds is 6. The summed E-state index contributed by atoms with van der Waals surface area (Å²) in [5.41, 5.74) is 8.60. The summed E-state index contributed by atoms with van der Waals surface area (Å²) in [6.07, 6.45) is 0.822. The highest BCUT2D eigenvalue weighted by molar-refractivity contribution is 5.43. The molecule has 1 heterocycles. The topological polar surface area (TPSA) is 57.4 Å². The van der Waals surface area contributed by atoms with Crippen LogP contribution in [-0.4, -0.2) is 18.6 Å². The molecule has 2 rings (SSSR count). The largest absolute Gasteiger partial charge is 0.493 e. The van der Waals surface area contributed by atoms with Gasteiger partial charge in [-0.25, -0.2) is 0 Å². The van der Waals surface area contributed by atoms with Crippen molar-refractivity contribution in [3.05, 3.63) is 53.3 Å². The molecular formula is C16H20N2O2. The van der Waals surface area contributed by atoms with E-state index in [4.69, 9.17) is 15.2 Å². The molecule has 0 saturated heterocycles. The van der Waals surface area contributed by atoms with Gasteiger partial charge in [0.2, 0.25) is 0 Å². The molecule has 0 spiro atoms. The molecule has 0 fully saturated rings. The molecule has 2 aromatic rings. The summed E-state index contributed by atoms with van der Waals surface area (Å²) >= 11 is 0. The van der Waals surface area contributed by atoms with Crippen molar-refractivity contribution < 1.29 is 9.47 Å². The molecule has 0 atom stereocenters. The summed E-state index contributed by atoms with van der Waals surface area (Å²) in [6, 6.07) is 11.8. The van der Waals surface area contributed by atoms with E-state index < -0.39 is 0 Å². The second-order valence-corrected chi connectivity index (χ2v) is 4.58. The quantitative estimate of drug-likeness (QED) is 0.877. The van der Waals surface area contributed by atoms with E-state index in [1.807, 2.05) is 43.3 Å². The van der Waals surface area contributed by atoms with E-state index in [1.54, 1.807) is 7.11 Å². The Kier molecular flexibility index (Phi) is 4.96. The summed E-state index contributed by atoms with van der Waals surface area (Å²) < 4.78 is 11.1. The van der Waals surface area contributed by atoms with Gasteiger partial charge in [-0.05, 0) is 49.7 Å². The molecule has 1 aromatic carbocycles. The molecule has 0 aliphatic heterocycles. The van der Waals surface area contributed by atoms with Crippen molar-refractivity contribution in [3.8, 4) is 11.5 Å². The number of hydrogen-bond donors (Lipinski definition) is 1. The first-order chi connectivity index (χ1) is 9.72. The lowest BCUT2D eigenvalue weighted by molar-refractivity contribution is 0.280. The SMILES string of the molecule is COc1ccc(CCN)cc1OCc1cccc(C)n1. The smallest absolute Gasteiger partial charge is 0.162 e. The number of benzene rings is 1. The predicted molar refractivity (Wildman–Crippen MR) is 79.1 cm³/mol. The normalized spacial score (nSPS) is 10.3. The standard InChI is InChI=1S/C16H20N2O2/c1-12-4-3-5-14(18-12)11-20-16-10-13(8-9-17)6-7-15(16)19-2/h3-7,10H,8-9,11,17H2,1-2H3. The van der Waals surface area contributed by atoms with Crippen LogP contribution in [0.25, 0.3) is 0 Å². The predicted octanol–water partition coefficient (Wildman–Crippen LogP) is 2.48. The molecule has 106 valence electrons. The van der Waals surface area contributed by atoms with Gasteiger partial charge in [-0.2, -0.15) is 0 Å². The zero-order valence-corrected chi connectivity index (χ0v) is 11.9. The fraction of sp³-hybridized carbons (Fsp3) is 0.312. The van der Waals surface area contributed by atoms with E-state index in [0.717, 1.165) is 34.9 Å². The van der Waals surface area contributed by atoms with Crippen molar-refractivity contribution in [3.63, 3.8) is 0 Å². The Labute approximate surface area is 119 Å². The van der Waals surface area contributed by atoms with Crippen LogP contribution in [0.15, 0.2) is 36.4 Å². The minimum atomic E-state index is 0.421. The molecule has 4 nitrogen and oxygen atoms in total. The van der Waals surface area contributed by atoms with Gasteiger partial charge in [0, 0.05) is 5.69 Å². The average Bonchev–Trinajstić information content (AvgIpc) is 2.46. The molecule has 0 bridgehead atoms. The van der Waals surface area contributed by atoms with E-state index in [2.05, 4.69) is 4.98 Å². The van der Waals surface area contributed by atoms with Crippen LogP contribution in [0.4, 0.5) is 0 Å². The van der Waals surface area contributed by atoms with Gasteiger partial charge in [-0.15, -0.1) is 0 Å². The van der Waals surface area contributed by atoms with Gasteiger partial charge in [-0.1, -0.05) is 12.1 Å². The van der Waals surface area contributed by atoms with E-state index in [-0.39, 0.29) is 0 Å². The molecule has 4 heteroatoms. The summed E-state index contributed by atoms with van der Waals surface area (Å²) in [4.78, 5) is 4.42. The highest BCUT2D eigenvalue weighted by Crippen LogP contribution is 2.28. The fourth-order valence-electron chi connectivity index (χ4n) is 1.99. The molecule has 20 heavy (non-hydrogen) atoms. The maximum absolute atomic E-state index is 5.83. The van der Waals surface area contributed by atoms with Crippen molar-refractivity contribution in [2.45, 2.75) is 20.0 Å². The van der Waals surface area contributed by atoms with Crippen LogP contribution < -0.4 is 15.2 Å². The molecule has 0 aliphatic rings. The lowest BCUT2D eigenvalue weighted by Crippen LogP contribution is -2.04. The zero-order chi connectivity index (χ0) is 14.4. The number of ether oxygens (including phenoxy) is 2. The van der Waals surface area contributed by atoms with Gasteiger partial charge in [-0.3, -0.25) is 4.98 Å². The first-order valence-corrected chi connectivity index (χ1v) is 6.65. The number of aromatic nitrogens is 1. The molecule has 0 unspecified atom stereocenters. The average molecular weight is 272 g/mol. The third-order valence-corrected chi connectivity index (χ3v) is 2.98. The Morgan fingerprint density at radius 3 is 2.70 bits per heavy atom. The van der Waals surface area contributed by atoms with Gasteiger partial charge in [0.25, 0.3) is 0 Å². The van der Waals surface area contributed by atoms with Crippen molar-refractivity contribution >= 4 is 0 Å². The molecule has 1 aromatic heterocycles. The Hall–Kier alpha value is -2.07. The number of methoxy groups -OCH3 is 1. The minimum Gasteiger partial charge on any atom is -0.493 e. The third-order valence-electron chi connectivity index (χ3n) is 2.98. The molecule has 2 N–H and O–H groups in total. The van der Waals surface area contributed by atoms with Crippen LogP contribution in [0.3, 0.4) is 0 Å². The lowest BCUT2D eigenvalue weighted by Gasteiger charge is -2.12. The molecule has 0 amide bonds. The Balaban J connectivity index is 2.12. The summed E-state index contributed by atoms with van der Waals surface area (Å²) in [5.74, 6) is 1.44. The molecule has 0 saturated carbocycles. The van der Waals surface area contributed by atoms with Crippen molar-refractivity contribution in [1.29, 1.82) is 0 Å². The van der Waals surface area contributed by atoms with Crippen molar-refractivity contribution in [1.82, 2.24) is 4.98 Å². The lowest BCUT2D eigenvalue weighted by atomic mass is 10.1. The first kappa shape index (κ1) is 14.3. The zero-order valence-electron chi connectivity index (χ0n) is 11.9. The van der Waals surface area contributed by atoms with E-state index in [9.17, 15) is 0 Å². The first-order valence-electron chi connectivity index (χ1n) is 6.65. The fourth-order valence-corrected chi connectivity index (χ4v) is 1.99. The van der Waals surface area contributed by atoms with Crippen LogP contribution >= 0.6 is 0 Å². The minimum absolute atomic E-state index is 0.421. The number of nitrogens with zero attached hydrogens (tertiary/aromatic N) is 1. The Bertz CT molecular complexity index is 570. The number of hydrogen-bond acceptors (Lipinski definition) is 4. The monoisotopic (exact) mass is 272 g/mol. The van der Waals surface area contributed by atoms with Gasteiger partial charge < -0.3 is 15.2 Å². The van der Waals surface area contributed by atoms with Crippen LogP contribution in [0, 0.1) is 6.92 Å². The van der Waals surface area contributed by atoms with Gasteiger partial charge in [0.05, 0.1) is 12.8 Å². The molecule has 0 radical (unpaired) electrons. The van der Waals surface area contributed by atoms with Crippen LogP contribution in [0.1, 0.15) is 17.0 Å². The van der Waals surface area contributed by atoms with Crippen molar-refractivity contribution in [2.75, 3.05) is 13.7 Å². The Morgan fingerprint density at radius 2 is 2.00 bits per heavy atom. The summed E-state index contributed by atoms with van der Waals surface area (Å²) in [7, 11) is 1.63.